The highest BCUT2D eigenvalue weighted by Crippen LogP contribution is 2.37. The molecule has 0 unspecified atom stereocenters. The van der Waals surface area contributed by atoms with E-state index < -0.39 is 0 Å². The molecule has 0 atom stereocenters. The molecule has 0 amide bonds. The van der Waals surface area contributed by atoms with E-state index in [9.17, 15) is 9.90 Å². The minimum Gasteiger partial charge on any atom is -0.507 e. The third-order valence-electron chi connectivity index (χ3n) is 2.05. The quantitative estimate of drug-likeness (QED) is 0.686. The molecule has 74 valence electrons. The first-order valence-corrected chi connectivity index (χ1v) is 4.39. The Hall–Kier alpha value is -1.71. The average molecular weight is 194 g/mol. The summed E-state index contributed by atoms with van der Waals surface area (Å²) in [7, 11) is 0. The Labute approximate surface area is 81.1 Å². The van der Waals surface area contributed by atoms with Crippen LogP contribution in [0.2, 0.25) is 0 Å². The van der Waals surface area contributed by atoms with Crippen LogP contribution in [0.4, 0.5) is 0 Å². The summed E-state index contributed by atoms with van der Waals surface area (Å²) < 4.78 is 10.7. The zero-order chi connectivity index (χ0) is 9.97. The molecule has 1 aromatic carbocycles. The highest BCUT2D eigenvalue weighted by molar-refractivity contribution is 5.85. The molecule has 0 saturated heterocycles. The Morgan fingerprint density at radius 2 is 2.07 bits per heavy atom. The number of hydrogen-bond donors (Lipinski definition) is 1. The standard InChI is InChI=1S/C10H10O4/c11-6-7-8(12)2-3-9-10(7)14-5-1-4-13-9/h2-3,6,12H,1,4-5H2. The fourth-order valence-electron chi connectivity index (χ4n) is 1.36. The number of fused-ring (bicyclic) bond motifs is 1. The summed E-state index contributed by atoms with van der Waals surface area (Å²) in [5.74, 6) is 0.782. The van der Waals surface area contributed by atoms with E-state index in [4.69, 9.17) is 9.47 Å². The van der Waals surface area contributed by atoms with Crippen molar-refractivity contribution in [2.24, 2.45) is 0 Å². The number of ether oxygens (including phenoxy) is 2. The van der Waals surface area contributed by atoms with E-state index in [1.54, 1.807) is 6.07 Å². The normalized spacial score (nSPS) is 14.6. The molecule has 1 aliphatic rings. The summed E-state index contributed by atoms with van der Waals surface area (Å²) in [4.78, 5) is 10.7. The van der Waals surface area contributed by atoms with Crippen molar-refractivity contribution in [2.75, 3.05) is 13.2 Å². The Morgan fingerprint density at radius 3 is 2.86 bits per heavy atom. The van der Waals surface area contributed by atoms with Crippen molar-refractivity contribution in [3.8, 4) is 17.2 Å². The van der Waals surface area contributed by atoms with E-state index >= 15 is 0 Å². The van der Waals surface area contributed by atoms with E-state index in [1.807, 2.05) is 0 Å². The molecular formula is C10H10O4. The molecule has 0 bridgehead atoms. The van der Waals surface area contributed by atoms with Crippen molar-refractivity contribution in [3.05, 3.63) is 17.7 Å². The highest BCUT2D eigenvalue weighted by atomic mass is 16.5. The van der Waals surface area contributed by atoms with Crippen molar-refractivity contribution in [3.63, 3.8) is 0 Å². The van der Waals surface area contributed by atoms with Crippen molar-refractivity contribution >= 4 is 6.29 Å². The lowest BCUT2D eigenvalue weighted by molar-refractivity contribution is 0.111. The molecule has 4 nitrogen and oxygen atoms in total. The van der Waals surface area contributed by atoms with E-state index in [0.29, 0.717) is 31.0 Å². The number of aromatic hydroxyl groups is 1. The molecule has 0 fully saturated rings. The molecule has 4 heteroatoms. The van der Waals surface area contributed by atoms with Crippen LogP contribution in [0, 0.1) is 0 Å². The van der Waals surface area contributed by atoms with Crippen LogP contribution < -0.4 is 9.47 Å². The van der Waals surface area contributed by atoms with Gasteiger partial charge in [0.2, 0.25) is 0 Å². The number of aldehydes is 1. The van der Waals surface area contributed by atoms with Crippen LogP contribution in [-0.4, -0.2) is 24.6 Å². The predicted octanol–water partition coefficient (Wildman–Crippen LogP) is 1.37. The third-order valence-corrected chi connectivity index (χ3v) is 2.05. The predicted molar refractivity (Wildman–Crippen MR) is 49.1 cm³/mol. The average Bonchev–Trinajstić information content (AvgIpc) is 2.42. The van der Waals surface area contributed by atoms with Crippen LogP contribution in [0.5, 0.6) is 17.2 Å². The first-order valence-electron chi connectivity index (χ1n) is 4.39. The van der Waals surface area contributed by atoms with E-state index in [2.05, 4.69) is 0 Å². The van der Waals surface area contributed by atoms with Gasteiger partial charge in [0.15, 0.2) is 17.8 Å². The van der Waals surface area contributed by atoms with Crippen molar-refractivity contribution in [2.45, 2.75) is 6.42 Å². The summed E-state index contributed by atoms with van der Waals surface area (Å²) in [6.45, 7) is 1.06. The summed E-state index contributed by atoms with van der Waals surface area (Å²) in [5, 5.41) is 9.39. The van der Waals surface area contributed by atoms with Gasteiger partial charge in [-0.1, -0.05) is 0 Å². The number of phenols is 1. The number of carbonyl (C=O) groups is 1. The maximum absolute atomic E-state index is 10.7. The fourth-order valence-corrected chi connectivity index (χ4v) is 1.36. The fraction of sp³-hybridized carbons (Fsp3) is 0.300. The van der Waals surface area contributed by atoms with E-state index in [-0.39, 0.29) is 11.3 Å². The summed E-state index contributed by atoms with van der Waals surface area (Å²) in [6.07, 6.45) is 1.34. The maximum Gasteiger partial charge on any atom is 0.175 e. The van der Waals surface area contributed by atoms with Gasteiger partial charge >= 0.3 is 0 Å². The van der Waals surface area contributed by atoms with Gasteiger partial charge in [-0.15, -0.1) is 0 Å². The molecule has 1 heterocycles. The number of carbonyl (C=O) groups excluding carboxylic acids is 1. The molecule has 1 N–H and O–H groups in total. The van der Waals surface area contributed by atoms with Crippen LogP contribution in [0.15, 0.2) is 12.1 Å². The highest BCUT2D eigenvalue weighted by Gasteiger charge is 2.17. The Balaban J connectivity index is 2.53. The Kier molecular flexibility index (Phi) is 2.26. The maximum atomic E-state index is 10.7. The lowest BCUT2D eigenvalue weighted by atomic mass is 10.2. The molecule has 2 rings (SSSR count). The molecule has 0 aliphatic carbocycles. The molecular weight excluding hydrogens is 184 g/mol. The molecule has 0 radical (unpaired) electrons. The van der Waals surface area contributed by atoms with Crippen LogP contribution in [0.1, 0.15) is 16.8 Å². The van der Waals surface area contributed by atoms with Crippen molar-refractivity contribution in [1.82, 2.24) is 0 Å². The van der Waals surface area contributed by atoms with Crippen LogP contribution in [-0.2, 0) is 0 Å². The summed E-state index contributed by atoms with van der Waals surface area (Å²) in [6, 6.07) is 3.03. The molecule has 14 heavy (non-hydrogen) atoms. The van der Waals surface area contributed by atoms with Crippen molar-refractivity contribution in [1.29, 1.82) is 0 Å². The number of rotatable bonds is 1. The summed E-state index contributed by atoms with van der Waals surface area (Å²) in [5.41, 5.74) is 0.157. The number of hydrogen-bond acceptors (Lipinski definition) is 4. The second-order valence-electron chi connectivity index (χ2n) is 2.99. The van der Waals surface area contributed by atoms with Gasteiger partial charge in [-0.25, -0.2) is 0 Å². The first kappa shape index (κ1) is 8.87. The van der Waals surface area contributed by atoms with Gasteiger partial charge in [-0.05, 0) is 12.1 Å². The summed E-state index contributed by atoms with van der Waals surface area (Å²) >= 11 is 0. The van der Waals surface area contributed by atoms with E-state index in [1.165, 1.54) is 6.07 Å². The van der Waals surface area contributed by atoms with Crippen LogP contribution >= 0.6 is 0 Å². The van der Waals surface area contributed by atoms with Crippen LogP contribution in [0.3, 0.4) is 0 Å². The molecule has 0 saturated carbocycles. The van der Waals surface area contributed by atoms with Gasteiger partial charge in [0.05, 0.1) is 13.2 Å². The van der Waals surface area contributed by atoms with Crippen molar-refractivity contribution < 1.29 is 19.4 Å². The first-order chi connectivity index (χ1) is 6.83. The van der Waals surface area contributed by atoms with E-state index in [0.717, 1.165) is 6.42 Å². The zero-order valence-corrected chi connectivity index (χ0v) is 7.53. The van der Waals surface area contributed by atoms with Gasteiger partial charge in [0, 0.05) is 6.42 Å². The lowest BCUT2D eigenvalue weighted by Crippen LogP contribution is -1.98. The molecule has 0 spiro atoms. The number of benzene rings is 1. The van der Waals surface area contributed by atoms with Gasteiger partial charge in [-0.2, -0.15) is 0 Å². The second kappa shape index (κ2) is 3.57. The minimum absolute atomic E-state index is 0.0794. The SMILES string of the molecule is O=Cc1c(O)ccc2c1OCCCO2. The third kappa shape index (κ3) is 1.39. The number of phenolic OH excluding ortho intramolecular Hbond substituents is 1. The van der Waals surface area contributed by atoms with Gasteiger partial charge < -0.3 is 14.6 Å². The Morgan fingerprint density at radius 1 is 1.29 bits per heavy atom. The molecule has 0 aromatic heterocycles. The largest absolute Gasteiger partial charge is 0.507 e. The van der Waals surface area contributed by atoms with Gasteiger partial charge in [0.25, 0.3) is 0 Å². The minimum atomic E-state index is -0.0794. The van der Waals surface area contributed by atoms with Gasteiger partial charge in [0.1, 0.15) is 11.3 Å². The lowest BCUT2D eigenvalue weighted by Gasteiger charge is -2.09. The zero-order valence-electron chi connectivity index (χ0n) is 7.53. The monoisotopic (exact) mass is 194 g/mol. The molecule has 1 aromatic rings. The topological polar surface area (TPSA) is 55.8 Å². The second-order valence-corrected chi connectivity index (χ2v) is 2.99. The van der Waals surface area contributed by atoms with Crippen LogP contribution in [0.25, 0.3) is 0 Å². The smallest absolute Gasteiger partial charge is 0.175 e. The molecule has 1 aliphatic heterocycles. The van der Waals surface area contributed by atoms with Gasteiger partial charge in [-0.3, -0.25) is 4.79 Å². The Bertz CT molecular complexity index is 359.